The second-order valence-electron chi connectivity index (χ2n) is 7.03. The lowest BCUT2D eigenvalue weighted by molar-refractivity contribution is -0.161. The average molecular weight is 371 g/mol. The fourth-order valence-corrected chi connectivity index (χ4v) is 3.20. The van der Waals surface area contributed by atoms with Crippen molar-refractivity contribution < 1.29 is 18.7 Å². The van der Waals surface area contributed by atoms with Crippen molar-refractivity contribution in [1.82, 2.24) is 0 Å². The second-order valence-corrected chi connectivity index (χ2v) is 7.44. The van der Waals surface area contributed by atoms with E-state index in [1.807, 2.05) is 6.92 Å². The monoisotopic (exact) mass is 370 g/mol. The van der Waals surface area contributed by atoms with Gasteiger partial charge in [0.25, 0.3) is 0 Å². The molecule has 1 fully saturated rings. The smallest absolute Gasteiger partial charge is 0.308 e. The Hall–Kier alpha value is -1.29. The Labute approximate surface area is 154 Å². The standard InChI is InChI=1S/C20H28ClFO3/c1-3-4-5-6-7-14(2)20(23)25-17-10-15(11-17)13-24-19-9-8-16(22)12-18(19)21/h8-9,12,14-15,17H,3-7,10-11,13H2,1-2H3. The van der Waals surface area contributed by atoms with E-state index in [1.165, 1.54) is 37.5 Å². The van der Waals surface area contributed by atoms with Gasteiger partial charge in [-0.15, -0.1) is 0 Å². The van der Waals surface area contributed by atoms with E-state index in [2.05, 4.69) is 6.92 Å². The number of carbonyl (C=O) groups excluding carboxylic acids is 1. The third kappa shape index (κ3) is 6.50. The van der Waals surface area contributed by atoms with E-state index in [0.29, 0.717) is 18.3 Å². The van der Waals surface area contributed by atoms with Gasteiger partial charge < -0.3 is 9.47 Å². The molecule has 0 amide bonds. The van der Waals surface area contributed by atoms with Gasteiger partial charge in [-0.05, 0) is 43.4 Å². The van der Waals surface area contributed by atoms with Crippen LogP contribution in [0.15, 0.2) is 18.2 Å². The highest BCUT2D eigenvalue weighted by Crippen LogP contribution is 2.33. The van der Waals surface area contributed by atoms with Crippen LogP contribution in [0.1, 0.15) is 58.8 Å². The predicted octanol–water partition coefficient (Wildman–Crippen LogP) is 5.79. The van der Waals surface area contributed by atoms with E-state index >= 15 is 0 Å². The molecule has 1 aromatic rings. The van der Waals surface area contributed by atoms with E-state index < -0.39 is 0 Å². The molecule has 0 radical (unpaired) electrons. The highest BCUT2D eigenvalue weighted by atomic mass is 35.5. The summed E-state index contributed by atoms with van der Waals surface area (Å²) < 4.78 is 24.2. The summed E-state index contributed by atoms with van der Waals surface area (Å²) in [7, 11) is 0. The van der Waals surface area contributed by atoms with Crippen LogP contribution in [0.4, 0.5) is 4.39 Å². The Morgan fingerprint density at radius 3 is 2.76 bits per heavy atom. The number of halogens is 2. The Bertz CT molecular complexity index is 558. The van der Waals surface area contributed by atoms with Crippen molar-refractivity contribution in [3.63, 3.8) is 0 Å². The first-order valence-electron chi connectivity index (χ1n) is 9.28. The molecule has 25 heavy (non-hydrogen) atoms. The van der Waals surface area contributed by atoms with Crippen LogP contribution in [0.3, 0.4) is 0 Å². The number of hydrogen-bond acceptors (Lipinski definition) is 3. The van der Waals surface area contributed by atoms with E-state index in [-0.39, 0.29) is 28.8 Å². The van der Waals surface area contributed by atoms with Gasteiger partial charge in [0, 0.05) is 0 Å². The van der Waals surface area contributed by atoms with Gasteiger partial charge in [-0.25, -0.2) is 4.39 Å². The first-order chi connectivity index (χ1) is 12.0. The van der Waals surface area contributed by atoms with Gasteiger partial charge in [0.2, 0.25) is 0 Å². The minimum Gasteiger partial charge on any atom is -0.492 e. The van der Waals surface area contributed by atoms with Crippen molar-refractivity contribution in [3.05, 3.63) is 29.0 Å². The van der Waals surface area contributed by atoms with Crippen LogP contribution in [0.2, 0.25) is 5.02 Å². The molecule has 0 heterocycles. The van der Waals surface area contributed by atoms with Crippen LogP contribution in [0.25, 0.3) is 0 Å². The highest BCUT2D eigenvalue weighted by molar-refractivity contribution is 6.32. The molecule has 140 valence electrons. The summed E-state index contributed by atoms with van der Waals surface area (Å²) in [6.45, 7) is 4.63. The summed E-state index contributed by atoms with van der Waals surface area (Å²) in [5, 5.41) is 0.277. The summed E-state index contributed by atoms with van der Waals surface area (Å²) in [6.07, 6.45) is 7.23. The van der Waals surface area contributed by atoms with Crippen molar-refractivity contribution in [2.75, 3.05) is 6.61 Å². The molecule has 1 atom stereocenters. The molecule has 1 saturated carbocycles. The maximum atomic E-state index is 13.0. The van der Waals surface area contributed by atoms with Gasteiger partial charge in [-0.3, -0.25) is 4.79 Å². The number of benzene rings is 1. The lowest BCUT2D eigenvalue weighted by Gasteiger charge is -2.35. The summed E-state index contributed by atoms with van der Waals surface area (Å²) in [6, 6.07) is 4.10. The van der Waals surface area contributed by atoms with E-state index in [9.17, 15) is 9.18 Å². The maximum Gasteiger partial charge on any atom is 0.308 e. The first kappa shape index (κ1) is 20.0. The lowest BCUT2D eigenvalue weighted by atomic mass is 9.83. The fraction of sp³-hybridized carbons (Fsp3) is 0.650. The van der Waals surface area contributed by atoms with Gasteiger partial charge >= 0.3 is 5.97 Å². The van der Waals surface area contributed by atoms with E-state index in [1.54, 1.807) is 0 Å². The fourth-order valence-electron chi connectivity index (χ4n) is 2.98. The summed E-state index contributed by atoms with van der Waals surface area (Å²) in [4.78, 5) is 12.1. The summed E-state index contributed by atoms with van der Waals surface area (Å²) in [5.74, 6) is 0.354. The molecule has 0 aliphatic heterocycles. The molecule has 5 heteroatoms. The molecule has 0 saturated heterocycles. The zero-order valence-electron chi connectivity index (χ0n) is 15.1. The topological polar surface area (TPSA) is 35.5 Å². The largest absolute Gasteiger partial charge is 0.492 e. The Balaban J connectivity index is 1.61. The van der Waals surface area contributed by atoms with Crippen LogP contribution in [-0.2, 0) is 9.53 Å². The molecule has 0 spiro atoms. The molecule has 1 aliphatic carbocycles. The number of rotatable bonds is 10. The predicted molar refractivity (Wildman–Crippen MR) is 97.4 cm³/mol. The van der Waals surface area contributed by atoms with Crippen LogP contribution < -0.4 is 4.74 Å². The van der Waals surface area contributed by atoms with E-state index in [0.717, 1.165) is 25.7 Å². The Morgan fingerprint density at radius 1 is 1.32 bits per heavy atom. The molecule has 1 aromatic carbocycles. The summed E-state index contributed by atoms with van der Waals surface area (Å²) >= 11 is 5.93. The molecular formula is C20H28ClFO3. The number of esters is 1. The molecule has 0 aromatic heterocycles. The van der Waals surface area contributed by atoms with Gasteiger partial charge in [-0.1, -0.05) is 51.1 Å². The number of carbonyl (C=O) groups is 1. The molecule has 1 aliphatic rings. The van der Waals surface area contributed by atoms with Crippen LogP contribution in [-0.4, -0.2) is 18.7 Å². The van der Waals surface area contributed by atoms with Crippen molar-refractivity contribution in [1.29, 1.82) is 0 Å². The van der Waals surface area contributed by atoms with Crippen molar-refractivity contribution >= 4 is 17.6 Å². The van der Waals surface area contributed by atoms with E-state index in [4.69, 9.17) is 21.1 Å². The normalized spacial score (nSPS) is 20.6. The molecular weight excluding hydrogens is 343 g/mol. The Kier molecular flexibility index (Phi) is 8.01. The zero-order chi connectivity index (χ0) is 18.2. The van der Waals surface area contributed by atoms with Gasteiger partial charge in [-0.2, -0.15) is 0 Å². The minimum absolute atomic E-state index is 0.00267. The maximum absolute atomic E-state index is 13.0. The Morgan fingerprint density at radius 2 is 2.08 bits per heavy atom. The van der Waals surface area contributed by atoms with Crippen molar-refractivity contribution in [3.8, 4) is 5.75 Å². The van der Waals surface area contributed by atoms with Gasteiger partial charge in [0.1, 0.15) is 17.7 Å². The molecule has 2 rings (SSSR count). The zero-order valence-corrected chi connectivity index (χ0v) is 15.9. The highest BCUT2D eigenvalue weighted by Gasteiger charge is 2.33. The molecule has 0 bridgehead atoms. The molecule has 0 N–H and O–H groups in total. The summed E-state index contributed by atoms with van der Waals surface area (Å²) in [5.41, 5.74) is 0. The van der Waals surface area contributed by atoms with Crippen LogP contribution >= 0.6 is 11.6 Å². The number of hydrogen-bond donors (Lipinski definition) is 0. The minimum atomic E-state index is -0.378. The molecule has 3 nitrogen and oxygen atoms in total. The van der Waals surface area contributed by atoms with Crippen LogP contribution in [0.5, 0.6) is 5.75 Å². The SMILES string of the molecule is CCCCCCC(C)C(=O)OC1CC(COc2ccc(F)cc2Cl)C1. The quantitative estimate of drug-likeness (QED) is 0.386. The first-order valence-corrected chi connectivity index (χ1v) is 9.65. The van der Waals surface area contributed by atoms with Crippen LogP contribution in [0, 0.1) is 17.7 Å². The number of unbranched alkanes of at least 4 members (excludes halogenated alkanes) is 3. The average Bonchev–Trinajstić information content (AvgIpc) is 2.54. The van der Waals surface area contributed by atoms with Gasteiger partial charge in [0.05, 0.1) is 17.5 Å². The van der Waals surface area contributed by atoms with Gasteiger partial charge in [0.15, 0.2) is 0 Å². The van der Waals surface area contributed by atoms with Crippen molar-refractivity contribution in [2.24, 2.45) is 11.8 Å². The second kappa shape index (κ2) is 10.0. The lowest BCUT2D eigenvalue weighted by Crippen LogP contribution is -2.37. The third-order valence-electron chi connectivity index (χ3n) is 4.74. The van der Waals surface area contributed by atoms with Crippen molar-refractivity contribution in [2.45, 2.75) is 64.9 Å². The third-order valence-corrected chi connectivity index (χ3v) is 5.03. The number of ether oxygens (including phenoxy) is 2. The molecule has 1 unspecified atom stereocenters.